The minimum atomic E-state index is -0.875. The highest BCUT2D eigenvalue weighted by molar-refractivity contribution is 6.21. The quantitative estimate of drug-likeness (QED) is 0.640. The molecule has 1 aromatic heterocycles. The Morgan fingerprint density at radius 2 is 1.45 bits per heavy atom. The Morgan fingerprint density at radius 1 is 0.897 bits per heavy atom. The molecule has 0 unspecified atom stereocenters. The Balaban J connectivity index is 1.66. The van der Waals surface area contributed by atoms with E-state index in [9.17, 15) is 14.4 Å². The second-order valence-electron chi connectivity index (χ2n) is 7.74. The van der Waals surface area contributed by atoms with E-state index in [0.29, 0.717) is 5.06 Å². The molecule has 7 heteroatoms. The summed E-state index contributed by atoms with van der Waals surface area (Å²) < 4.78 is 1.67. The third-order valence-electron chi connectivity index (χ3n) is 4.62. The van der Waals surface area contributed by atoms with E-state index in [0.717, 1.165) is 11.4 Å². The van der Waals surface area contributed by atoms with E-state index in [2.05, 4.69) is 5.10 Å². The summed E-state index contributed by atoms with van der Waals surface area (Å²) in [5.74, 6) is -2.21. The van der Waals surface area contributed by atoms with Crippen LogP contribution in [0.5, 0.6) is 0 Å². The Labute approximate surface area is 167 Å². The van der Waals surface area contributed by atoms with Gasteiger partial charge in [0.25, 0.3) is 11.8 Å². The lowest BCUT2D eigenvalue weighted by Crippen LogP contribution is -2.32. The van der Waals surface area contributed by atoms with Crippen LogP contribution in [0.1, 0.15) is 57.7 Å². The van der Waals surface area contributed by atoms with E-state index < -0.39 is 17.8 Å². The number of hydrogen-bond donors (Lipinski definition) is 0. The number of aromatic nitrogens is 2. The zero-order valence-corrected chi connectivity index (χ0v) is 16.2. The number of nitrogens with zero attached hydrogens (tertiary/aromatic N) is 3. The van der Waals surface area contributed by atoms with Crippen LogP contribution in [0, 0.1) is 0 Å². The Bertz CT molecular complexity index is 1090. The van der Waals surface area contributed by atoms with Crippen molar-refractivity contribution >= 4 is 17.8 Å². The van der Waals surface area contributed by atoms with Crippen LogP contribution in [0.25, 0.3) is 5.69 Å². The average Bonchev–Trinajstić information content (AvgIpc) is 3.26. The summed E-state index contributed by atoms with van der Waals surface area (Å²) in [5, 5.41) is 4.87. The molecule has 1 aliphatic rings. The van der Waals surface area contributed by atoms with Crippen molar-refractivity contribution in [1.29, 1.82) is 0 Å². The van der Waals surface area contributed by atoms with E-state index in [1.165, 1.54) is 12.1 Å². The van der Waals surface area contributed by atoms with Gasteiger partial charge in [-0.2, -0.15) is 5.10 Å². The van der Waals surface area contributed by atoms with E-state index in [-0.39, 0.29) is 22.2 Å². The van der Waals surface area contributed by atoms with Gasteiger partial charge in [-0.15, -0.1) is 0 Å². The van der Waals surface area contributed by atoms with Gasteiger partial charge in [0.15, 0.2) is 5.69 Å². The molecule has 2 amide bonds. The molecular weight excluding hydrogens is 370 g/mol. The molecule has 7 nitrogen and oxygen atoms in total. The van der Waals surface area contributed by atoms with Crippen LogP contribution >= 0.6 is 0 Å². The minimum absolute atomic E-state index is 0.00957. The lowest BCUT2D eigenvalue weighted by atomic mass is 9.91. The van der Waals surface area contributed by atoms with Gasteiger partial charge in [0.05, 0.1) is 22.5 Å². The number of imide groups is 1. The number of hydrogen-bond acceptors (Lipinski definition) is 5. The summed E-state index contributed by atoms with van der Waals surface area (Å²) >= 11 is 0. The summed E-state index contributed by atoms with van der Waals surface area (Å²) in [6, 6.07) is 17.3. The number of fused-ring (bicyclic) bond motifs is 1. The lowest BCUT2D eigenvalue weighted by Gasteiger charge is -2.20. The maximum atomic E-state index is 12.7. The average molecular weight is 389 g/mol. The highest BCUT2D eigenvalue weighted by atomic mass is 16.7. The fourth-order valence-corrected chi connectivity index (χ4v) is 3.16. The predicted octanol–water partition coefficient (Wildman–Crippen LogP) is 3.54. The second kappa shape index (κ2) is 6.70. The van der Waals surface area contributed by atoms with Crippen LogP contribution in [0.15, 0.2) is 60.7 Å². The molecule has 4 rings (SSSR count). The van der Waals surface area contributed by atoms with Gasteiger partial charge in [-0.1, -0.05) is 56.2 Å². The Kier molecular flexibility index (Phi) is 4.30. The van der Waals surface area contributed by atoms with Gasteiger partial charge in [0.1, 0.15) is 0 Å². The van der Waals surface area contributed by atoms with Crippen LogP contribution in [0.2, 0.25) is 0 Å². The molecular formula is C22H19N3O4. The number of hydroxylamine groups is 2. The van der Waals surface area contributed by atoms with Gasteiger partial charge in [-0.05, 0) is 30.3 Å². The van der Waals surface area contributed by atoms with Crippen molar-refractivity contribution in [1.82, 2.24) is 14.8 Å². The van der Waals surface area contributed by atoms with Crippen LogP contribution in [-0.2, 0) is 10.3 Å². The molecule has 0 saturated carbocycles. The molecule has 0 radical (unpaired) electrons. The number of benzene rings is 2. The van der Waals surface area contributed by atoms with E-state index in [1.54, 1.807) is 22.9 Å². The molecule has 0 atom stereocenters. The van der Waals surface area contributed by atoms with Crippen molar-refractivity contribution in [3.8, 4) is 5.69 Å². The van der Waals surface area contributed by atoms with Crippen molar-refractivity contribution in [2.45, 2.75) is 26.2 Å². The molecule has 0 aliphatic carbocycles. The first-order valence-corrected chi connectivity index (χ1v) is 9.13. The second-order valence-corrected chi connectivity index (χ2v) is 7.74. The highest BCUT2D eigenvalue weighted by Gasteiger charge is 2.39. The Hall–Kier alpha value is -3.74. The fraction of sp³-hybridized carbons (Fsp3) is 0.182. The summed E-state index contributed by atoms with van der Waals surface area (Å²) in [7, 11) is 0. The fourth-order valence-electron chi connectivity index (χ4n) is 3.16. The first-order valence-electron chi connectivity index (χ1n) is 9.13. The van der Waals surface area contributed by atoms with Crippen molar-refractivity contribution in [3.63, 3.8) is 0 Å². The molecule has 0 fully saturated rings. The van der Waals surface area contributed by atoms with E-state index in [4.69, 9.17) is 4.84 Å². The predicted molar refractivity (Wildman–Crippen MR) is 105 cm³/mol. The van der Waals surface area contributed by atoms with Crippen molar-refractivity contribution in [2.24, 2.45) is 0 Å². The molecule has 3 aromatic rings. The first kappa shape index (κ1) is 18.6. The van der Waals surface area contributed by atoms with E-state index >= 15 is 0 Å². The number of rotatable bonds is 3. The standard InChI is InChI=1S/C22H19N3O4/c1-22(2,3)18-13-17(23-24(18)14-9-5-4-6-10-14)21(28)29-25-19(26)15-11-7-8-12-16(15)20(25)27/h4-13H,1-3H3. The van der Waals surface area contributed by atoms with Gasteiger partial charge >= 0.3 is 5.97 Å². The molecule has 2 heterocycles. The Morgan fingerprint density at radius 3 is 2.00 bits per heavy atom. The topological polar surface area (TPSA) is 81.5 Å². The summed E-state index contributed by atoms with van der Waals surface area (Å²) in [6.45, 7) is 6.01. The zero-order valence-electron chi connectivity index (χ0n) is 16.2. The minimum Gasteiger partial charge on any atom is -0.322 e. The number of para-hydroxylation sites is 1. The molecule has 0 spiro atoms. The normalized spacial score (nSPS) is 13.6. The summed E-state index contributed by atoms with van der Waals surface area (Å²) in [4.78, 5) is 42.7. The van der Waals surface area contributed by atoms with Gasteiger partial charge in [0, 0.05) is 5.41 Å². The SMILES string of the molecule is CC(C)(C)c1cc(C(=O)ON2C(=O)c3ccccc3C2=O)nn1-c1ccccc1. The zero-order chi connectivity index (χ0) is 20.8. The molecule has 0 bridgehead atoms. The summed E-state index contributed by atoms with van der Waals surface area (Å²) in [6.07, 6.45) is 0. The monoisotopic (exact) mass is 389 g/mol. The van der Waals surface area contributed by atoms with Crippen molar-refractivity contribution in [3.05, 3.63) is 83.2 Å². The first-order chi connectivity index (χ1) is 13.8. The third-order valence-corrected chi connectivity index (χ3v) is 4.62. The molecule has 0 N–H and O–H groups in total. The number of amides is 2. The van der Waals surface area contributed by atoms with Gasteiger partial charge in [0.2, 0.25) is 0 Å². The van der Waals surface area contributed by atoms with Crippen LogP contribution < -0.4 is 0 Å². The maximum Gasteiger partial charge on any atom is 0.384 e. The molecule has 2 aromatic carbocycles. The van der Waals surface area contributed by atoms with Gasteiger partial charge in [-0.25, -0.2) is 9.48 Å². The van der Waals surface area contributed by atoms with Crippen LogP contribution in [0.3, 0.4) is 0 Å². The number of carbonyl (C=O) groups is 3. The molecule has 0 saturated heterocycles. The van der Waals surface area contributed by atoms with E-state index in [1.807, 2.05) is 51.1 Å². The third kappa shape index (κ3) is 3.20. The van der Waals surface area contributed by atoms with Crippen LogP contribution in [-0.4, -0.2) is 32.6 Å². The van der Waals surface area contributed by atoms with Gasteiger partial charge < -0.3 is 4.84 Å². The molecule has 29 heavy (non-hydrogen) atoms. The maximum absolute atomic E-state index is 12.7. The molecule has 146 valence electrons. The largest absolute Gasteiger partial charge is 0.384 e. The smallest absolute Gasteiger partial charge is 0.322 e. The summed E-state index contributed by atoms with van der Waals surface area (Å²) in [5.41, 5.74) is 1.69. The number of carbonyl (C=O) groups excluding carboxylic acids is 3. The van der Waals surface area contributed by atoms with Gasteiger partial charge in [-0.3, -0.25) is 9.59 Å². The lowest BCUT2D eigenvalue weighted by molar-refractivity contribution is -0.0588. The van der Waals surface area contributed by atoms with Crippen molar-refractivity contribution in [2.75, 3.05) is 0 Å². The highest BCUT2D eigenvalue weighted by Crippen LogP contribution is 2.27. The van der Waals surface area contributed by atoms with Crippen LogP contribution in [0.4, 0.5) is 0 Å². The van der Waals surface area contributed by atoms with Crippen molar-refractivity contribution < 1.29 is 19.2 Å². The molecule has 1 aliphatic heterocycles.